The molecule has 8 aromatic carbocycles. The molecule has 1 N–H and O–H groups in total. The van der Waals surface area contributed by atoms with Crippen molar-refractivity contribution in [1.29, 1.82) is 0 Å². The number of thiophene rings is 1. The van der Waals surface area contributed by atoms with E-state index in [0.717, 1.165) is 59.5 Å². The van der Waals surface area contributed by atoms with Crippen LogP contribution in [0, 0.1) is 11.8 Å². The lowest BCUT2D eigenvalue weighted by Gasteiger charge is -2.34. The van der Waals surface area contributed by atoms with Crippen molar-refractivity contribution >= 4 is 94.2 Å². The summed E-state index contributed by atoms with van der Waals surface area (Å²) in [5, 5.41) is 21.2. The highest BCUT2D eigenvalue weighted by atomic mass is 32.1. The second kappa shape index (κ2) is 34.8. The van der Waals surface area contributed by atoms with Gasteiger partial charge in [-0.1, -0.05) is 307 Å². The summed E-state index contributed by atoms with van der Waals surface area (Å²) in [4.78, 5) is 14.7. The van der Waals surface area contributed by atoms with Gasteiger partial charge >= 0.3 is 5.97 Å². The molecule has 98 heavy (non-hydrogen) atoms. The standard InChI is InChI=1S/C90H115N3O3S2/c1-7-13-19-25-28-34-42-64(41-33-24-18-12-6)62-96-68-53-51-66(52-54-68)75-59-77-82-79-70(43-37-45-72(75)79)71-44-38-46-74-80(71)83(82)87(93(77)61-63(39-31-22-16-10-4)40-32-23-17-11-5)84-81(74)88-76(90(84,57-35-29-26-20-14-8-2)58-36-30-27-21-15-9-3)60-78(97-88)73-56-55-69(85-86(73)92-98-91-85)65-47-49-67(50-48-65)89(94)95/h37-38,43-56,59-60,63-64H,7-36,39-42,57-58,61-62H2,1-6H3,(H,94,95). The van der Waals surface area contributed by atoms with Crippen molar-refractivity contribution in [3.8, 4) is 48.9 Å². The van der Waals surface area contributed by atoms with Gasteiger partial charge in [-0.3, -0.25) is 0 Å². The summed E-state index contributed by atoms with van der Waals surface area (Å²) in [6, 6.07) is 41.1. The molecular weight excluding hydrogens is 1240 g/mol. The summed E-state index contributed by atoms with van der Waals surface area (Å²) >= 11 is 3.29. The molecule has 0 fully saturated rings. The lowest BCUT2D eigenvalue weighted by Crippen LogP contribution is -2.26. The van der Waals surface area contributed by atoms with Gasteiger partial charge in [0.2, 0.25) is 0 Å². The largest absolute Gasteiger partial charge is 0.493 e. The maximum absolute atomic E-state index is 12.0. The van der Waals surface area contributed by atoms with E-state index in [2.05, 4.69) is 131 Å². The van der Waals surface area contributed by atoms with Crippen LogP contribution in [0.25, 0.3) is 108 Å². The van der Waals surface area contributed by atoms with Gasteiger partial charge in [-0.05, 0) is 136 Å². The van der Waals surface area contributed by atoms with Crippen molar-refractivity contribution in [3.05, 3.63) is 126 Å². The molecule has 3 heterocycles. The highest BCUT2D eigenvalue weighted by molar-refractivity contribution is 7.19. The molecule has 0 bridgehead atoms. The topological polar surface area (TPSA) is 77.2 Å². The minimum atomic E-state index is -0.920. The van der Waals surface area contributed by atoms with Crippen molar-refractivity contribution in [3.63, 3.8) is 0 Å². The molecule has 520 valence electrons. The Hall–Kier alpha value is -6.35. The second-order valence-corrected chi connectivity index (χ2v) is 31.6. The summed E-state index contributed by atoms with van der Waals surface area (Å²) in [6.45, 7) is 15.9. The fourth-order valence-corrected chi connectivity index (χ4v) is 19.6. The Morgan fingerprint density at radius 3 is 1.52 bits per heavy atom. The van der Waals surface area contributed by atoms with Crippen LogP contribution in [0.5, 0.6) is 5.75 Å². The fourth-order valence-electron chi connectivity index (χ4n) is 17.6. The quantitative estimate of drug-likeness (QED) is 0.0234. The zero-order valence-corrected chi connectivity index (χ0v) is 62.5. The lowest BCUT2D eigenvalue weighted by molar-refractivity contribution is 0.0696. The van der Waals surface area contributed by atoms with Crippen molar-refractivity contribution in [2.24, 2.45) is 11.8 Å². The number of unbranched alkanes of at least 4 members (excludes halogenated alkanes) is 24. The van der Waals surface area contributed by atoms with Crippen LogP contribution in [0.15, 0.2) is 109 Å². The number of benzene rings is 8. The molecule has 11 aromatic rings. The van der Waals surface area contributed by atoms with E-state index in [0.29, 0.717) is 11.8 Å². The van der Waals surface area contributed by atoms with Crippen LogP contribution in [0.1, 0.15) is 294 Å². The molecule has 0 saturated heterocycles. The summed E-state index contributed by atoms with van der Waals surface area (Å²) in [5.74, 6) is 1.24. The first-order valence-electron chi connectivity index (χ1n) is 39.7. The molecule has 0 radical (unpaired) electrons. The van der Waals surface area contributed by atoms with E-state index in [4.69, 9.17) is 13.5 Å². The average Bonchev–Trinajstić information content (AvgIpc) is 1.48. The number of aromatic nitrogens is 3. The number of ether oxygens (including phenoxy) is 1. The Kier molecular flexibility index (Phi) is 25.4. The van der Waals surface area contributed by atoms with Gasteiger partial charge in [0.1, 0.15) is 16.8 Å². The van der Waals surface area contributed by atoms with Crippen molar-refractivity contribution in [1.82, 2.24) is 13.3 Å². The molecule has 1 aliphatic carbocycles. The maximum Gasteiger partial charge on any atom is 0.335 e. The number of hydrogen-bond donors (Lipinski definition) is 1. The molecule has 1 aliphatic rings. The number of fused-ring (bicyclic) bond motifs is 7. The molecule has 8 heteroatoms. The van der Waals surface area contributed by atoms with Gasteiger partial charge in [-0.25, -0.2) is 4.79 Å². The van der Waals surface area contributed by atoms with E-state index in [1.54, 1.807) is 23.3 Å². The Morgan fingerprint density at radius 1 is 0.480 bits per heavy atom. The Bertz CT molecular complexity index is 4270. The van der Waals surface area contributed by atoms with E-state index < -0.39 is 5.97 Å². The number of aromatic carboxylic acids is 1. The molecule has 0 spiro atoms. The molecule has 3 aromatic heterocycles. The van der Waals surface area contributed by atoms with Crippen LogP contribution in [0.4, 0.5) is 0 Å². The fraction of sp³-hybridized carbons (Fsp3) is 0.522. The second-order valence-electron chi connectivity index (χ2n) is 30.0. The molecule has 0 aliphatic heterocycles. The molecule has 1 atom stereocenters. The van der Waals surface area contributed by atoms with Crippen LogP contribution < -0.4 is 4.74 Å². The number of rotatable bonds is 45. The van der Waals surface area contributed by atoms with Crippen LogP contribution in [0.3, 0.4) is 0 Å². The van der Waals surface area contributed by atoms with Crippen LogP contribution in [-0.2, 0) is 12.0 Å². The number of carboxylic acid groups (broad SMARTS) is 1. The van der Waals surface area contributed by atoms with Crippen molar-refractivity contribution in [2.45, 2.75) is 285 Å². The molecule has 0 saturated carbocycles. The Morgan fingerprint density at radius 2 is 0.949 bits per heavy atom. The minimum absolute atomic E-state index is 0.216. The highest BCUT2D eigenvalue weighted by Crippen LogP contribution is 2.65. The lowest BCUT2D eigenvalue weighted by atomic mass is 9.69. The third-order valence-corrected chi connectivity index (χ3v) is 24.7. The molecule has 12 rings (SSSR count). The van der Waals surface area contributed by atoms with E-state index >= 15 is 0 Å². The minimum Gasteiger partial charge on any atom is -0.493 e. The van der Waals surface area contributed by atoms with Gasteiger partial charge < -0.3 is 14.4 Å². The third-order valence-electron chi connectivity index (χ3n) is 23.0. The van der Waals surface area contributed by atoms with Gasteiger partial charge in [0.25, 0.3) is 0 Å². The van der Waals surface area contributed by atoms with E-state index in [1.807, 2.05) is 23.5 Å². The molecule has 1 unspecified atom stereocenters. The zero-order valence-electron chi connectivity index (χ0n) is 60.8. The summed E-state index contributed by atoms with van der Waals surface area (Å²) in [7, 11) is 0. The Labute approximate surface area is 596 Å². The van der Waals surface area contributed by atoms with E-state index in [-0.39, 0.29) is 11.0 Å². The van der Waals surface area contributed by atoms with Gasteiger partial charge in [-0.2, -0.15) is 8.75 Å². The number of hydrogen-bond acceptors (Lipinski definition) is 6. The third kappa shape index (κ3) is 15.4. The summed E-state index contributed by atoms with van der Waals surface area (Å²) < 4.78 is 20.0. The van der Waals surface area contributed by atoms with Gasteiger partial charge in [-0.15, -0.1) is 11.3 Å². The number of nitrogens with zero attached hydrogens (tertiary/aromatic N) is 3. The summed E-state index contributed by atoms with van der Waals surface area (Å²) in [6.07, 6.45) is 46.1. The van der Waals surface area contributed by atoms with Crippen molar-refractivity contribution in [2.75, 3.05) is 6.61 Å². The SMILES string of the molecule is CCCCCCCCC(CCCCCC)COc1ccc(-c2cc3c4c5c2cccc5c2cccc5c6c(c(c4c52)n3CC(CCCCCC)CCCCCC)C(CCCCCCCC)(CCCCCCCC)c2cc(-c3ccc(-c4ccc(C(=O)O)cc4)c4nsnc34)sc2-6)cc1. The maximum atomic E-state index is 12.0. The molecular formula is C90H115N3O3S2. The number of carbonyl (C=O) groups is 1. The smallest absolute Gasteiger partial charge is 0.335 e. The molecule has 0 amide bonds. The zero-order chi connectivity index (χ0) is 67.8. The monoisotopic (exact) mass is 1350 g/mol. The van der Waals surface area contributed by atoms with Gasteiger partial charge in [0, 0.05) is 59.9 Å². The predicted molar refractivity (Wildman–Crippen MR) is 425 cm³/mol. The first-order chi connectivity index (χ1) is 48.3. The predicted octanol–water partition coefficient (Wildman–Crippen LogP) is 28.9. The average molecular weight is 1350 g/mol. The number of carboxylic acids is 1. The van der Waals surface area contributed by atoms with Gasteiger partial charge in [0.05, 0.1) is 34.9 Å². The molecule has 6 nitrogen and oxygen atoms in total. The first kappa shape index (κ1) is 71.5. The van der Waals surface area contributed by atoms with Crippen LogP contribution in [-0.4, -0.2) is 31.0 Å². The van der Waals surface area contributed by atoms with Crippen molar-refractivity contribution < 1.29 is 14.6 Å². The van der Waals surface area contributed by atoms with E-state index in [1.165, 1.54) is 311 Å². The normalized spacial score (nSPS) is 13.3. The van der Waals surface area contributed by atoms with Crippen LogP contribution >= 0.6 is 23.1 Å². The Balaban J connectivity index is 1.06. The summed E-state index contributed by atoms with van der Waals surface area (Å²) in [5.41, 5.74) is 15.2. The van der Waals surface area contributed by atoms with Gasteiger partial charge in [0.15, 0.2) is 0 Å². The first-order valence-corrected chi connectivity index (χ1v) is 41.3. The highest BCUT2D eigenvalue weighted by Gasteiger charge is 2.48. The van der Waals surface area contributed by atoms with Crippen LogP contribution in [0.2, 0.25) is 0 Å². The van der Waals surface area contributed by atoms with E-state index in [9.17, 15) is 9.90 Å².